The van der Waals surface area contributed by atoms with Crippen molar-refractivity contribution in [3.05, 3.63) is 0 Å². The van der Waals surface area contributed by atoms with Gasteiger partial charge in [-0.3, -0.25) is 4.79 Å². The molecule has 0 aromatic heterocycles. The molecule has 0 unspecified atom stereocenters. The summed E-state index contributed by atoms with van der Waals surface area (Å²) in [6, 6.07) is 0. The van der Waals surface area contributed by atoms with Crippen molar-refractivity contribution in [2.45, 2.75) is 20.3 Å². The molecule has 1 heterocycles. The van der Waals surface area contributed by atoms with Crippen LogP contribution in [-0.2, 0) is 9.53 Å². The van der Waals surface area contributed by atoms with Gasteiger partial charge in [0, 0.05) is 26.2 Å². The summed E-state index contributed by atoms with van der Waals surface area (Å²) in [6.07, 6.45) is 0.244. The molecule has 1 rings (SSSR count). The van der Waals surface area contributed by atoms with Crippen molar-refractivity contribution >= 4 is 5.97 Å². The normalized spacial score (nSPS) is 27.1. The van der Waals surface area contributed by atoms with E-state index in [4.69, 9.17) is 9.84 Å². The average Bonchev–Trinajstić information content (AvgIpc) is 2.53. The first kappa shape index (κ1) is 12.5. The van der Waals surface area contributed by atoms with E-state index >= 15 is 0 Å². The summed E-state index contributed by atoms with van der Waals surface area (Å²) in [4.78, 5) is 12.7. The van der Waals surface area contributed by atoms with E-state index in [9.17, 15) is 4.79 Å². The number of aliphatic carboxylic acids is 1. The molecular formula is C11H21NO3. The third-order valence-corrected chi connectivity index (χ3v) is 3.02. The topological polar surface area (TPSA) is 49.8 Å². The molecule has 1 aliphatic heterocycles. The molecule has 0 aromatic rings. The Morgan fingerprint density at radius 3 is 2.87 bits per heavy atom. The van der Waals surface area contributed by atoms with Gasteiger partial charge in [0.05, 0.1) is 13.0 Å². The first-order valence-electron chi connectivity index (χ1n) is 5.65. The van der Waals surface area contributed by atoms with Crippen molar-refractivity contribution in [3.63, 3.8) is 0 Å². The van der Waals surface area contributed by atoms with Crippen molar-refractivity contribution in [1.82, 2.24) is 4.90 Å². The molecule has 0 aliphatic carbocycles. The van der Waals surface area contributed by atoms with Gasteiger partial charge in [0.2, 0.25) is 0 Å². The van der Waals surface area contributed by atoms with Gasteiger partial charge >= 0.3 is 5.97 Å². The van der Waals surface area contributed by atoms with E-state index in [0.29, 0.717) is 18.4 Å². The second-order valence-corrected chi connectivity index (χ2v) is 4.30. The molecule has 0 saturated carbocycles. The van der Waals surface area contributed by atoms with E-state index in [-0.39, 0.29) is 6.42 Å². The van der Waals surface area contributed by atoms with Crippen molar-refractivity contribution < 1.29 is 14.6 Å². The Hall–Kier alpha value is -0.610. The molecule has 1 fully saturated rings. The van der Waals surface area contributed by atoms with Crippen LogP contribution in [-0.4, -0.2) is 48.8 Å². The van der Waals surface area contributed by atoms with Gasteiger partial charge in [-0.05, 0) is 18.8 Å². The molecule has 1 saturated heterocycles. The maximum absolute atomic E-state index is 10.4. The van der Waals surface area contributed by atoms with Gasteiger partial charge in [-0.15, -0.1) is 0 Å². The summed E-state index contributed by atoms with van der Waals surface area (Å²) in [5.74, 6) is 0.472. The average molecular weight is 215 g/mol. The van der Waals surface area contributed by atoms with Crippen LogP contribution in [0.4, 0.5) is 0 Å². The first-order valence-corrected chi connectivity index (χ1v) is 5.65. The predicted molar refractivity (Wildman–Crippen MR) is 57.8 cm³/mol. The molecule has 1 aliphatic rings. The van der Waals surface area contributed by atoms with Crippen LogP contribution in [0.5, 0.6) is 0 Å². The maximum Gasteiger partial charge on any atom is 0.304 e. The monoisotopic (exact) mass is 215 g/mol. The highest BCUT2D eigenvalue weighted by Gasteiger charge is 2.29. The number of carboxylic acids is 1. The minimum atomic E-state index is -0.712. The van der Waals surface area contributed by atoms with Crippen LogP contribution < -0.4 is 0 Å². The SMILES string of the molecule is CCOC[C@@H]1CN(CCC(=O)O)C[C@@H]1C. The Labute approximate surface area is 91.2 Å². The number of carboxylic acid groups (broad SMARTS) is 1. The molecule has 4 nitrogen and oxygen atoms in total. The molecular weight excluding hydrogens is 194 g/mol. The van der Waals surface area contributed by atoms with Crippen LogP contribution in [0.15, 0.2) is 0 Å². The molecule has 15 heavy (non-hydrogen) atoms. The number of nitrogens with zero attached hydrogens (tertiary/aromatic N) is 1. The number of ether oxygens (including phenoxy) is 1. The molecule has 0 amide bonds. The van der Waals surface area contributed by atoms with Crippen LogP contribution in [0.3, 0.4) is 0 Å². The highest BCUT2D eigenvalue weighted by atomic mass is 16.5. The lowest BCUT2D eigenvalue weighted by Crippen LogP contribution is -2.24. The van der Waals surface area contributed by atoms with Crippen molar-refractivity contribution in [2.75, 3.05) is 32.8 Å². The zero-order valence-corrected chi connectivity index (χ0v) is 9.61. The lowest BCUT2D eigenvalue weighted by molar-refractivity contribution is -0.137. The van der Waals surface area contributed by atoms with Gasteiger partial charge in [0.25, 0.3) is 0 Å². The molecule has 1 N–H and O–H groups in total. The van der Waals surface area contributed by atoms with Crippen molar-refractivity contribution in [2.24, 2.45) is 11.8 Å². The van der Waals surface area contributed by atoms with Crippen molar-refractivity contribution in [3.8, 4) is 0 Å². The minimum Gasteiger partial charge on any atom is -0.481 e. The van der Waals surface area contributed by atoms with E-state index in [1.807, 2.05) is 6.92 Å². The van der Waals surface area contributed by atoms with Gasteiger partial charge in [-0.1, -0.05) is 6.92 Å². The van der Waals surface area contributed by atoms with Gasteiger partial charge in [0.1, 0.15) is 0 Å². The fourth-order valence-corrected chi connectivity index (χ4v) is 2.06. The summed E-state index contributed by atoms with van der Waals surface area (Å²) < 4.78 is 5.42. The van der Waals surface area contributed by atoms with E-state index in [0.717, 1.165) is 26.3 Å². The zero-order chi connectivity index (χ0) is 11.3. The smallest absolute Gasteiger partial charge is 0.304 e. The fraction of sp³-hybridized carbons (Fsp3) is 0.909. The largest absolute Gasteiger partial charge is 0.481 e. The number of hydrogen-bond acceptors (Lipinski definition) is 3. The summed E-state index contributed by atoms with van der Waals surface area (Å²) >= 11 is 0. The summed E-state index contributed by atoms with van der Waals surface area (Å²) in [6.45, 7) is 8.44. The van der Waals surface area contributed by atoms with Gasteiger partial charge in [-0.2, -0.15) is 0 Å². The Balaban J connectivity index is 2.25. The molecule has 2 atom stereocenters. The zero-order valence-electron chi connectivity index (χ0n) is 9.61. The Bertz CT molecular complexity index is 208. The maximum atomic E-state index is 10.4. The number of carbonyl (C=O) groups is 1. The predicted octanol–water partition coefficient (Wildman–Crippen LogP) is 1.07. The van der Waals surface area contributed by atoms with Crippen LogP contribution in [0.1, 0.15) is 20.3 Å². The van der Waals surface area contributed by atoms with Crippen LogP contribution >= 0.6 is 0 Å². The van der Waals surface area contributed by atoms with Crippen LogP contribution in [0, 0.1) is 11.8 Å². The molecule has 4 heteroatoms. The summed E-state index contributed by atoms with van der Waals surface area (Å²) in [5.41, 5.74) is 0. The molecule has 0 radical (unpaired) electrons. The summed E-state index contributed by atoms with van der Waals surface area (Å²) in [7, 11) is 0. The molecule has 0 spiro atoms. The first-order chi connectivity index (χ1) is 7.13. The standard InChI is InChI=1S/C11H21NO3/c1-3-15-8-10-7-12(6-9(10)2)5-4-11(13)14/h9-10H,3-8H2,1-2H3,(H,13,14)/t9-,10-/m0/s1. The Morgan fingerprint density at radius 2 is 2.27 bits per heavy atom. The third kappa shape index (κ3) is 4.18. The molecule has 0 aromatic carbocycles. The highest BCUT2D eigenvalue weighted by Crippen LogP contribution is 2.23. The van der Waals surface area contributed by atoms with Crippen LogP contribution in [0.25, 0.3) is 0 Å². The van der Waals surface area contributed by atoms with E-state index in [1.165, 1.54) is 0 Å². The van der Waals surface area contributed by atoms with E-state index in [1.54, 1.807) is 0 Å². The number of likely N-dealkylation sites (tertiary alicyclic amines) is 1. The lowest BCUT2D eigenvalue weighted by atomic mass is 9.99. The fourth-order valence-electron chi connectivity index (χ4n) is 2.06. The highest BCUT2D eigenvalue weighted by molar-refractivity contribution is 5.66. The third-order valence-electron chi connectivity index (χ3n) is 3.02. The van der Waals surface area contributed by atoms with E-state index in [2.05, 4.69) is 11.8 Å². The van der Waals surface area contributed by atoms with Gasteiger partial charge in [0.15, 0.2) is 0 Å². The van der Waals surface area contributed by atoms with Crippen LogP contribution in [0.2, 0.25) is 0 Å². The van der Waals surface area contributed by atoms with Gasteiger partial charge in [-0.25, -0.2) is 0 Å². The van der Waals surface area contributed by atoms with Gasteiger partial charge < -0.3 is 14.7 Å². The second-order valence-electron chi connectivity index (χ2n) is 4.30. The summed E-state index contributed by atoms with van der Waals surface area (Å²) in [5, 5.41) is 8.60. The molecule has 0 bridgehead atoms. The Morgan fingerprint density at radius 1 is 1.53 bits per heavy atom. The second kappa shape index (κ2) is 6.08. The Kier molecular flexibility index (Phi) is 5.05. The van der Waals surface area contributed by atoms with E-state index < -0.39 is 5.97 Å². The lowest BCUT2D eigenvalue weighted by Gasteiger charge is -2.14. The number of rotatable bonds is 6. The number of hydrogen-bond donors (Lipinski definition) is 1. The molecule has 88 valence electrons. The minimum absolute atomic E-state index is 0.244. The quantitative estimate of drug-likeness (QED) is 0.720. The van der Waals surface area contributed by atoms with Crippen molar-refractivity contribution in [1.29, 1.82) is 0 Å².